The van der Waals surface area contributed by atoms with Crippen LogP contribution in [0.3, 0.4) is 0 Å². The average Bonchev–Trinajstić information content (AvgIpc) is 2.44. The number of rotatable bonds is 5. The molecule has 112 valence electrons. The standard InChI is InChI=1S/C15H15Cl2NO2S/c1-18(10-12-6-3-2-4-7-12)21(19,20)11-13-14(16)8-5-9-15(13)17/h2-9H,10-11H2,1H3. The number of benzene rings is 2. The molecule has 0 aliphatic heterocycles. The summed E-state index contributed by atoms with van der Waals surface area (Å²) in [6.07, 6.45) is 0. The van der Waals surface area contributed by atoms with Crippen molar-refractivity contribution in [3.8, 4) is 0 Å². The van der Waals surface area contributed by atoms with E-state index in [4.69, 9.17) is 23.2 Å². The minimum Gasteiger partial charge on any atom is -0.212 e. The summed E-state index contributed by atoms with van der Waals surface area (Å²) in [6.45, 7) is 0.311. The van der Waals surface area contributed by atoms with Crippen LogP contribution in [0.1, 0.15) is 11.1 Å². The summed E-state index contributed by atoms with van der Waals surface area (Å²) in [5.74, 6) is -0.213. The monoisotopic (exact) mass is 343 g/mol. The number of sulfonamides is 1. The normalized spacial score (nSPS) is 11.8. The van der Waals surface area contributed by atoms with Crippen LogP contribution in [0.4, 0.5) is 0 Å². The zero-order valence-electron chi connectivity index (χ0n) is 11.5. The first kappa shape index (κ1) is 16.3. The van der Waals surface area contributed by atoms with Crippen LogP contribution in [0.2, 0.25) is 10.0 Å². The van der Waals surface area contributed by atoms with E-state index in [1.54, 1.807) is 25.2 Å². The first-order valence-corrected chi connectivity index (χ1v) is 8.67. The highest BCUT2D eigenvalue weighted by atomic mass is 35.5. The predicted molar refractivity (Wildman–Crippen MR) is 87.0 cm³/mol. The molecule has 0 radical (unpaired) electrons. The van der Waals surface area contributed by atoms with Crippen molar-refractivity contribution >= 4 is 33.2 Å². The Morgan fingerprint density at radius 3 is 2.10 bits per heavy atom. The zero-order chi connectivity index (χ0) is 15.5. The van der Waals surface area contributed by atoms with E-state index in [2.05, 4.69) is 0 Å². The molecule has 0 atom stereocenters. The van der Waals surface area contributed by atoms with Gasteiger partial charge in [0, 0.05) is 29.2 Å². The van der Waals surface area contributed by atoms with Crippen LogP contribution < -0.4 is 0 Å². The van der Waals surface area contributed by atoms with Gasteiger partial charge in [-0.25, -0.2) is 12.7 Å². The molecule has 0 amide bonds. The van der Waals surface area contributed by atoms with E-state index in [1.807, 2.05) is 30.3 Å². The van der Waals surface area contributed by atoms with Crippen LogP contribution in [0, 0.1) is 0 Å². The average molecular weight is 344 g/mol. The number of halogens is 2. The molecule has 0 saturated heterocycles. The number of hydrogen-bond acceptors (Lipinski definition) is 2. The number of nitrogens with zero attached hydrogens (tertiary/aromatic N) is 1. The lowest BCUT2D eigenvalue weighted by atomic mass is 10.2. The van der Waals surface area contributed by atoms with Crippen molar-refractivity contribution in [2.24, 2.45) is 0 Å². The van der Waals surface area contributed by atoms with Gasteiger partial charge < -0.3 is 0 Å². The molecule has 3 nitrogen and oxygen atoms in total. The minimum atomic E-state index is -3.49. The molecule has 0 spiro atoms. The van der Waals surface area contributed by atoms with Crippen LogP contribution in [-0.2, 0) is 22.3 Å². The second-order valence-electron chi connectivity index (χ2n) is 4.70. The Balaban J connectivity index is 2.18. The lowest BCUT2D eigenvalue weighted by Gasteiger charge is -2.18. The molecule has 21 heavy (non-hydrogen) atoms. The Bertz CT molecular complexity index is 697. The molecular formula is C15H15Cl2NO2S. The summed E-state index contributed by atoms with van der Waals surface area (Å²) in [5, 5.41) is 0.721. The summed E-state index contributed by atoms with van der Waals surface area (Å²) in [7, 11) is -1.94. The third-order valence-electron chi connectivity index (χ3n) is 3.11. The topological polar surface area (TPSA) is 37.4 Å². The zero-order valence-corrected chi connectivity index (χ0v) is 13.8. The van der Waals surface area contributed by atoms with Crippen LogP contribution >= 0.6 is 23.2 Å². The lowest BCUT2D eigenvalue weighted by Crippen LogP contribution is -2.27. The maximum Gasteiger partial charge on any atom is 0.218 e. The molecule has 2 aromatic rings. The molecule has 0 aromatic heterocycles. The lowest BCUT2D eigenvalue weighted by molar-refractivity contribution is 0.466. The van der Waals surface area contributed by atoms with Crippen molar-refractivity contribution in [3.63, 3.8) is 0 Å². The molecule has 0 heterocycles. The Morgan fingerprint density at radius 1 is 0.952 bits per heavy atom. The van der Waals surface area contributed by atoms with Crippen LogP contribution in [0.15, 0.2) is 48.5 Å². The summed E-state index contributed by atoms with van der Waals surface area (Å²) in [4.78, 5) is 0. The smallest absolute Gasteiger partial charge is 0.212 e. The fraction of sp³-hybridized carbons (Fsp3) is 0.200. The number of hydrogen-bond donors (Lipinski definition) is 0. The van der Waals surface area contributed by atoms with Crippen molar-refractivity contribution in [2.45, 2.75) is 12.3 Å². The van der Waals surface area contributed by atoms with Crippen LogP contribution in [0.25, 0.3) is 0 Å². The van der Waals surface area contributed by atoms with E-state index in [9.17, 15) is 8.42 Å². The summed E-state index contributed by atoms with van der Waals surface area (Å²) < 4.78 is 26.1. The van der Waals surface area contributed by atoms with Gasteiger partial charge in [0.25, 0.3) is 0 Å². The largest absolute Gasteiger partial charge is 0.218 e. The SMILES string of the molecule is CN(Cc1ccccc1)S(=O)(=O)Cc1c(Cl)cccc1Cl. The van der Waals surface area contributed by atoms with Gasteiger partial charge in [-0.1, -0.05) is 59.6 Å². The molecular weight excluding hydrogens is 329 g/mol. The summed E-state index contributed by atoms with van der Waals surface area (Å²) in [6, 6.07) is 14.4. The first-order chi connectivity index (χ1) is 9.90. The Kier molecular flexibility index (Phi) is 5.27. The van der Waals surface area contributed by atoms with Gasteiger partial charge in [0.05, 0.1) is 5.75 Å². The quantitative estimate of drug-likeness (QED) is 0.823. The second kappa shape index (κ2) is 6.79. The summed E-state index contributed by atoms with van der Waals surface area (Å²) in [5.41, 5.74) is 1.36. The van der Waals surface area contributed by atoms with Gasteiger partial charge in [-0.3, -0.25) is 0 Å². The molecule has 0 unspecified atom stereocenters. The second-order valence-corrected chi connectivity index (χ2v) is 7.59. The third kappa shape index (κ3) is 4.20. The van der Waals surface area contributed by atoms with Gasteiger partial charge in [-0.05, 0) is 17.7 Å². The molecule has 0 N–H and O–H groups in total. The Hall–Kier alpha value is -1.07. The highest BCUT2D eigenvalue weighted by Crippen LogP contribution is 2.27. The van der Waals surface area contributed by atoms with E-state index < -0.39 is 10.0 Å². The van der Waals surface area contributed by atoms with E-state index in [0.717, 1.165) is 5.56 Å². The maximum absolute atomic E-state index is 12.4. The fourth-order valence-electron chi connectivity index (χ4n) is 1.90. The van der Waals surface area contributed by atoms with E-state index in [0.29, 0.717) is 22.2 Å². The molecule has 0 bridgehead atoms. The van der Waals surface area contributed by atoms with Crippen LogP contribution in [-0.4, -0.2) is 19.8 Å². The maximum atomic E-state index is 12.4. The van der Waals surface area contributed by atoms with Crippen molar-refractivity contribution < 1.29 is 8.42 Å². The first-order valence-electron chi connectivity index (χ1n) is 6.31. The molecule has 2 rings (SSSR count). The van der Waals surface area contributed by atoms with E-state index in [1.165, 1.54) is 4.31 Å². The molecule has 0 aliphatic rings. The van der Waals surface area contributed by atoms with Gasteiger partial charge in [0.15, 0.2) is 0 Å². The molecule has 2 aromatic carbocycles. The van der Waals surface area contributed by atoms with Crippen molar-refractivity contribution in [1.29, 1.82) is 0 Å². The summed E-state index contributed by atoms with van der Waals surface area (Å²) >= 11 is 12.1. The van der Waals surface area contributed by atoms with Crippen LogP contribution in [0.5, 0.6) is 0 Å². The Morgan fingerprint density at radius 2 is 1.52 bits per heavy atom. The highest BCUT2D eigenvalue weighted by molar-refractivity contribution is 7.88. The van der Waals surface area contributed by atoms with Crippen molar-refractivity contribution in [3.05, 3.63) is 69.7 Å². The van der Waals surface area contributed by atoms with Gasteiger partial charge in [-0.2, -0.15) is 0 Å². The fourth-order valence-corrected chi connectivity index (χ4v) is 3.83. The molecule has 0 saturated carbocycles. The van der Waals surface area contributed by atoms with Crippen molar-refractivity contribution in [1.82, 2.24) is 4.31 Å². The van der Waals surface area contributed by atoms with Gasteiger partial charge >= 0.3 is 0 Å². The van der Waals surface area contributed by atoms with Gasteiger partial charge in [0.1, 0.15) is 0 Å². The predicted octanol–water partition coefficient (Wildman–Crippen LogP) is 3.96. The van der Waals surface area contributed by atoms with Gasteiger partial charge in [0.2, 0.25) is 10.0 Å². The Labute approximate surface area is 135 Å². The van der Waals surface area contributed by atoms with Crippen molar-refractivity contribution in [2.75, 3.05) is 7.05 Å². The third-order valence-corrected chi connectivity index (χ3v) is 5.55. The highest BCUT2D eigenvalue weighted by Gasteiger charge is 2.21. The molecule has 6 heteroatoms. The molecule has 0 aliphatic carbocycles. The molecule has 0 fully saturated rings. The van der Waals surface area contributed by atoms with E-state index >= 15 is 0 Å². The van der Waals surface area contributed by atoms with E-state index in [-0.39, 0.29) is 5.75 Å². The van der Waals surface area contributed by atoms with Gasteiger partial charge in [-0.15, -0.1) is 0 Å². The minimum absolute atomic E-state index is 0.213.